The Balaban J connectivity index is 1.60. The van der Waals surface area contributed by atoms with Gasteiger partial charge in [-0.3, -0.25) is 14.4 Å². The van der Waals surface area contributed by atoms with Crippen molar-refractivity contribution in [1.82, 2.24) is 0 Å². The first-order valence-corrected chi connectivity index (χ1v) is 15.7. The first-order valence-electron chi connectivity index (χ1n) is 15.7. The molecule has 0 heterocycles. The van der Waals surface area contributed by atoms with Crippen molar-refractivity contribution in [2.75, 3.05) is 0 Å². The first kappa shape index (κ1) is 29.6. The molecule has 0 amide bonds. The molecule has 0 aliphatic heterocycles. The number of carbonyl (C=O) groups is 3. The predicted octanol–water partition coefficient (Wildman–Crippen LogP) is 7.20. The van der Waals surface area contributed by atoms with Crippen molar-refractivity contribution in [3.05, 3.63) is 11.6 Å². The maximum absolute atomic E-state index is 12.9. The third-order valence-corrected chi connectivity index (χ3v) is 13.9. The van der Waals surface area contributed by atoms with E-state index in [9.17, 15) is 19.5 Å². The van der Waals surface area contributed by atoms with Gasteiger partial charge in [0.2, 0.25) is 0 Å². The van der Waals surface area contributed by atoms with E-state index in [1.54, 1.807) is 0 Å². The lowest BCUT2D eigenvalue weighted by atomic mass is 9.33. The third kappa shape index (κ3) is 3.82. The van der Waals surface area contributed by atoms with Crippen molar-refractivity contribution in [3.63, 3.8) is 0 Å². The van der Waals surface area contributed by atoms with Crippen LogP contribution in [0.5, 0.6) is 0 Å². The van der Waals surface area contributed by atoms with E-state index in [4.69, 9.17) is 9.47 Å². The average Bonchev–Trinajstić information content (AvgIpc) is 2.83. The van der Waals surface area contributed by atoms with Gasteiger partial charge in [0, 0.05) is 19.3 Å². The summed E-state index contributed by atoms with van der Waals surface area (Å²) < 4.78 is 11.8. The topological polar surface area (TPSA) is 89.9 Å². The van der Waals surface area contributed by atoms with Crippen LogP contribution in [0.15, 0.2) is 11.6 Å². The van der Waals surface area contributed by atoms with Gasteiger partial charge in [0.25, 0.3) is 0 Å². The summed E-state index contributed by atoms with van der Waals surface area (Å²) in [5.41, 5.74) is 0.219. The lowest BCUT2D eigenvalue weighted by Gasteiger charge is -2.71. The second-order valence-electron chi connectivity index (χ2n) is 15.8. The number of hydrogen-bond donors (Lipinski definition) is 1. The number of carbonyl (C=O) groups excluding carboxylic acids is 2. The number of carboxylic acid groups (broad SMARTS) is 1. The molecule has 5 aliphatic carbocycles. The van der Waals surface area contributed by atoms with Crippen molar-refractivity contribution in [3.8, 4) is 0 Å². The Morgan fingerprint density at radius 3 is 2.12 bits per heavy atom. The second kappa shape index (κ2) is 9.33. The Morgan fingerprint density at radius 1 is 0.875 bits per heavy atom. The molecule has 0 aromatic rings. The minimum atomic E-state index is -0.647. The van der Waals surface area contributed by atoms with Gasteiger partial charge in [-0.05, 0) is 97.2 Å². The first-order chi connectivity index (χ1) is 18.5. The Labute approximate surface area is 241 Å². The van der Waals surface area contributed by atoms with Crippen LogP contribution in [0.2, 0.25) is 0 Å². The van der Waals surface area contributed by atoms with Gasteiger partial charge in [0.05, 0.1) is 5.41 Å². The molecule has 0 spiro atoms. The number of fused-ring (bicyclic) bond motifs is 7. The zero-order valence-corrected chi connectivity index (χ0v) is 26.3. The summed E-state index contributed by atoms with van der Waals surface area (Å²) in [5, 5.41) is 10.6. The highest BCUT2D eigenvalue weighted by atomic mass is 16.6. The van der Waals surface area contributed by atoms with Gasteiger partial charge in [0.1, 0.15) is 12.2 Å². The molecule has 6 heteroatoms. The van der Waals surface area contributed by atoms with Crippen LogP contribution in [0.4, 0.5) is 0 Å². The fraction of sp³-hybridized carbons (Fsp3) is 0.853. The van der Waals surface area contributed by atoms with Crippen LogP contribution >= 0.6 is 0 Å². The molecule has 40 heavy (non-hydrogen) atoms. The van der Waals surface area contributed by atoms with E-state index in [0.717, 1.165) is 44.9 Å². The van der Waals surface area contributed by atoms with Gasteiger partial charge in [-0.2, -0.15) is 0 Å². The smallest absolute Gasteiger partial charge is 0.310 e. The number of allylic oxidation sites excluding steroid dienone is 2. The van der Waals surface area contributed by atoms with Crippen LogP contribution in [0.1, 0.15) is 114 Å². The van der Waals surface area contributed by atoms with E-state index in [-0.39, 0.29) is 39.5 Å². The molecule has 6 nitrogen and oxygen atoms in total. The summed E-state index contributed by atoms with van der Waals surface area (Å²) in [6, 6.07) is 0. The highest BCUT2D eigenvalue weighted by molar-refractivity contribution is 5.76. The van der Waals surface area contributed by atoms with Crippen molar-refractivity contribution >= 4 is 17.9 Å². The SMILES string of the molecule is CC(=O)O[C@@H]1C[C@@]2(C)C(CC[C@]3(C)C2CC=C2C4[C@@H](C)[C@H](C)CC[C@]4(C(=O)O)CC[C@]23C)C(C)(C)[C@H]1OC(C)=O. The van der Waals surface area contributed by atoms with Crippen LogP contribution < -0.4 is 0 Å². The summed E-state index contributed by atoms with van der Waals surface area (Å²) in [6.07, 6.45) is 8.62. The Kier molecular flexibility index (Phi) is 6.91. The van der Waals surface area contributed by atoms with Gasteiger partial charge < -0.3 is 14.6 Å². The molecule has 4 saturated carbocycles. The number of ether oxygens (including phenoxy) is 2. The molecule has 0 aromatic carbocycles. The maximum atomic E-state index is 12.9. The highest BCUT2D eigenvalue weighted by Crippen LogP contribution is 2.76. The molecule has 11 atom stereocenters. The number of hydrogen-bond acceptors (Lipinski definition) is 5. The Bertz CT molecular complexity index is 1120. The van der Waals surface area contributed by atoms with E-state index in [1.807, 2.05) is 0 Å². The maximum Gasteiger partial charge on any atom is 0.310 e. The van der Waals surface area contributed by atoms with Crippen LogP contribution in [0.25, 0.3) is 0 Å². The summed E-state index contributed by atoms with van der Waals surface area (Å²) in [5.74, 6) is 0.333. The van der Waals surface area contributed by atoms with Crippen LogP contribution in [-0.2, 0) is 23.9 Å². The van der Waals surface area contributed by atoms with Crippen molar-refractivity contribution in [1.29, 1.82) is 0 Å². The van der Waals surface area contributed by atoms with Crippen molar-refractivity contribution < 1.29 is 29.0 Å². The van der Waals surface area contributed by atoms with Gasteiger partial charge >= 0.3 is 17.9 Å². The molecule has 0 aromatic heterocycles. The Hall–Kier alpha value is -1.85. The summed E-state index contributed by atoms with van der Waals surface area (Å²) in [4.78, 5) is 37.4. The van der Waals surface area contributed by atoms with Gasteiger partial charge in [0.15, 0.2) is 0 Å². The molecule has 5 rings (SSSR count). The summed E-state index contributed by atoms with van der Waals surface area (Å²) in [7, 11) is 0. The standard InChI is InChI=1S/C34H52O6/c1-19-12-15-34(29(37)38)17-16-32(8)23(27(34)20(19)2)10-11-26-31(7)18-24(39-21(3)35)28(40-22(4)36)30(5,6)25(31)13-14-33(26,32)9/h10,19-20,24-28H,11-18H2,1-9H3,(H,37,38)/t19-,20+,24-,25?,26?,27?,28+,31+,32-,33-,34+/m1/s1. The molecular weight excluding hydrogens is 504 g/mol. The predicted molar refractivity (Wildman–Crippen MR) is 153 cm³/mol. The summed E-state index contributed by atoms with van der Waals surface area (Å²) in [6.45, 7) is 19.2. The molecule has 0 bridgehead atoms. The van der Waals surface area contributed by atoms with Gasteiger partial charge in [-0.25, -0.2) is 0 Å². The molecule has 4 fully saturated rings. The molecule has 0 radical (unpaired) electrons. The van der Waals surface area contributed by atoms with Crippen LogP contribution in [0, 0.1) is 56.7 Å². The largest absolute Gasteiger partial charge is 0.481 e. The molecule has 224 valence electrons. The highest BCUT2D eigenvalue weighted by Gasteiger charge is 2.71. The zero-order chi connectivity index (χ0) is 29.6. The normalized spacial score (nSPS) is 49.2. The average molecular weight is 557 g/mol. The fourth-order valence-electron chi connectivity index (χ4n) is 11.7. The van der Waals surface area contributed by atoms with Crippen LogP contribution in [0.3, 0.4) is 0 Å². The molecule has 3 unspecified atom stereocenters. The van der Waals surface area contributed by atoms with E-state index < -0.39 is 23.6 Å². The monoisotopic (exact) mass is 556 g/mol. The third-order valence-electron chi connectivity index (χ3n) is 13.9. The number of esters is 2. The zero-order valence-electron chi connectivity index (χ0n) is 26.3. The number of aliphatic carboxylic acids is 1. The fourth-order valence-corrected chi connectivity index (χ4v) is 11.7. The van der Waals surface area contributed by atoms with Crippen LogP contribution in [-0.4, -0.2) is 35.2 Å². The molecule has 5 aliphatic rings. The van der Waals surface area contributed by atoms with E-state index in [1.165, 1.54) is 19.4 Å². The number of carboxylic acids is 1. The Morgan fingerprint density at radius 2 is 1.52 bits per heavy atom. The van der Waals surface area contributed by atoms with E-state index in [2.05, 4.69) is 54.5 Å². The van der Waals surface area contributed by atoms with Gasteiger partial charge in [-0.15, -0.1) is 0 Å². The lowest BCUT2D eigenvalue weighted by molar-refractivity contribution is -0.244. The second-order valence-corrected chi connectivity index (χ2v) is 15.8. The summed E-state index contributed by atoms with van der Waals surface area (Å²) >= 11 is 0. The molecular formula is C34H52O6. The minimum absolute atomic E-state index is 0.00146. The molecule has 1 N–H and O–H groups in total. The van der Waals surface area contributed by atoms with Gasteiger partial charge in [-0.1, -0.05) is 60.1 Å². The minimum Gasteiger partial charge on any atom is -0.481 e. The lowest BCUT2D eigenvalue weighted by Crippen LogP contribution is -2.68. The van der Waals surface area contributed by atoms with E-state index >= 15 is 0 Å². The molecule has 0 saturated heterocycles. The van der Waals surface area contributed by atoms with E-state index in [0.29, 0.717) is 30.1 Å². The van der Waals surface area contributed by atoms with Crippen molar-refractivity contribution in [2.45, 2.75) is 126 Å². The van der Waals surface area contributed by atoms with Crippen molar-refractivity contribution in [2.24, 2.45) is 56.7 Å². The number of rotatable bonds is 3. The quantitative estimate of drug-likeness (QED) is 0.292.